The van der Waals surface area contributed by atoms with Crippen molar-refractivity contribution in [2.75, 3.05) is 20.6 Å². The van der Waals surface area contributed by atoms with E-state index in [1.165, 1.54) is 5.56 Å². The minimum Gasteiger partial charge on any atom is -0.361 e. The highest BCUT2D eigenvalue weighted by Crippen LogP contribution is 2.21. The first-order valence-electron chi connectivity index (χ1n) is 5.87. The average Bonchev–Trinajstić information content (AvgIpc) is 2.68. The lowest BCUT2D eigenvalue weighted by Gasteiger charge is -2.08. The maximum absolute atomic E-state index is 10.8. The lowest BCUT2D eigenvalue weighted by molar-refractivity contribution is 0.414. The standard InChI is InChI=1S/C13H18N2O2S/c1-15(2)6-5-11-8-14-13-4-3-10(7-12(11)13)9-18(16)17/h3-4,7-8,14H,5-6,9H2,1-2H3,(H,16,17). The van der Waals surface area contributed by atoms with Gasteiger partial charge < -0.3 is 14.4 Å². The predicted octanol–water partition coefficient (Wildman–Crippen LogP) is 1.99. The zero-order chi connectivity index (χ0) is 13.1. The van der Waals surface area contributed by atoms with Gasteiger partial charge in [-0.15, -0.1) is 0 Å². The summed E-state index contributed by atoms with van der Waals surface area (Å²) in [7, 11) is 4.10. The molecule has 0 saturated carbocycles. The number of aromatic nitrogens is 1. The van der Waals surface area contributed by atoms with Gasteiger partial charge in [0.2, 0.25) is 0 Å². The quantitative estimate of drug-likeness (QED) is 0.814. The van der Waals surface area contributed by atoms with Gasteiger partial charge >= 0.3 is 0 Å². The first-order valence-corrected chi connectivity index (χ1v) is 7.15. The minimum atomic E-state index is -1.78. The molecule has 98 valence electrons. The summed E-state index contributed by atoms with van der Waals surface area (Å²) in [4.78, 5) is 5.38. The van der Waals surface area contributed by atoms with Crippen molar-refractivity contribution in [2.45, 2.75) is 12.2 Å². The van der Waals surface area contributed by atoms with Crippen molar-refractivity contribution in [3.63, 3.8) is 0 Å². The van der Waals surface area contributed by atoms with Crippen molar-refractivity contribution in [2.24, 2.45) is 0 Å². The maximum atomic E-state index is 10.8. The lowest BCUT2D eigenvalue weighted by Crippen LogP contribution is -2.14. The first-order chi connectivity index (χ1) is 8.56. The van der Waals surface area contributed by atoms with E-state index in [-0.39, 0.29) is 5.75 Å². The highest BCUT2D eigenvalue weighted by molar-refractivity contribution is 7.78. The van der Waals surface area contributed by atoms with E-state index < -0.39 is 11.1 Å². The molecule has 0 aliphatic rings. The van der Waals surface area contributed by atoms with Gasteiger partial charge in [-0.3, -0.25) is 0 Å². The van der Waals surface area contributed by atoms with E-state index in [9.17, 15) is 4.21 Å². The number of hydrogen-bond donors (Lipinski definition) is 2. The maximum Gasteiger partial charge on any atom is 0.157 e. The zero-order valence-corrected chi connectivity index (χ0v) is 11.5. The molecule has 4 nitrogen and oxygen atoms in total. The normalized spacial score (nSPS) is 13.3. The highest BCUT2D eigenvalue weighted by Gasteiger charge is 2.06. The monoisotopic (exact) mass is 266 g/mol. The number of H-pyrrole nitrogens is 1. The molecular weight excluding hydrogens is 248 g/mol. The van der Waals surface area contributed by atoms with Crippen LogP contribution in [0, 0.1) is 0 Å². The van der Waals surface area contributed by atoms with E-state index in [1.54, 1.807) is 0 Å². The topological polar surface area (TPSA) is 56.3 Å². The molecular formula is C13H18N2O2S. The molecule has 18 heavy (non-hydrogen) atoms. The molecule has 1 unspecified atom stereocenters. The average molecular weight is 266 g/mol. The number of fused-ring (bicyclic) bond motifs is 1. The van der Waals surface area contributed by atoms with Gasteiger partial charge in [-0.2, -0.15) is 0 Å². The van der Waals surface area contributed by atoms with Crippen molar-refractivity contribution in [1.82, 2.24) is 9.88 Å². The van der Waals surface area contributed by atoms with Crippen LogP contribution in [-0.4, -0.2) is 39.3 Å². The third-order valence-corrected chi connectivity index (χ3v) is 3.53. The van der Waals surface area contributed by atoms with Gasteiger partial charge in [0.05, 0.1) is 5.75 Å². The summed E-state index contributed by atoms with van der Waals surface area (Å²) < 4.78 is 19.8. The summed E-state index contributed by atoms with van der Waals surface area (Å²) in [6, 6.07) is 5.87. The van der Waals surface area contributed by atoms with Crippen molar-refractivity contribution in [1.29, 1.82) is 0 Å². The summed E-state index contributed by atoms with van der Waals surface area (Å²) in [5.74, 6) is 0.189. The fourth-order valence-corrected chi connectivity index (χ4v) is 2.47. The summed E-state index contributed by atoms with van der Waals surface area (Å²) in [6.07, 6.45) is 2.99. The second kappa shape index (κ2) is 5.65. The van der Waals surface area contributed by atoms with Gasteiger partial charge in [0.25, 0.3) is 0 Å². The molecule has 5 heteroatoms. The molecule has 1 heterocycles. The second-order valence-corrected chi connectivity index (χ2v) is 5.64. The van der Waals surface area contributed by atoms with Crippen molar-refractivity contribution < 1.29 is 8.76 Å². The Bertz CT molecular complexity index is 563. The predicted molar refractivity (Wildman–Crippen MR) is 75.0 cm³/mol. The number of nitrogens with one attached hydrogen (secondary N) is 1. The number of hydrogen-bond acceptors (Lipinski definition) is 2. The first kappa shape index (κ1) is 13.3. The third kappa shape index (κ3) is 3.19. The molecule has 1 atom stereocenters. The molecule has 0 amide bonds. The number of rotatable bonds is 5. The Morgan fingerprint density at radius 1 is 1.39 bits per heavy atom. The molecule has 0 bridgehead atoms. The number of nitrogens with zero attached hydrogens (tertiary/aromatic N) is 1. The van der Waals surface area contributed by atoms with Crippen molar-refractivity contribution in [3.05, 3.63) is 35.5 Å². The van der Waals surface area contributed by atoms with Crippen LogP contribution in [0.2, 0.25) is 0 Å². The van der Waals surface area contributed by atoms with Crippen LogP contribution in [-0.2, 0) is 23.3 Å². The van der Waals surface area contributed by atoms with Gasteiger partial charge in [-0.25, -0.2) is 4.21 Å². The lowest BCUT2D eigenvalue weighted by atomic mass is 10.1. The molecule has 1 aromatic heterocycles. The van der Waals surface area contributed by atoms with Crippen LogP contribution < -0.4 is 0 Å². The molecule has 1 aromatic carbocycles. The van der Waals surface area contributed by atoms with E-state index in [0.29, 0.717) is 0 Å². The largest absolute Gasteiger partial charge is 0.361 e. The summed E-state index contributed by atoms with van der Waals surface area (Å²) in [5.41, 5.74) is 3.23. The van der Waals surface area contributed by atoms with Gasteiger partial charge in [0.1, 0.15) is 0 Å². The van der Waals surface area contributed by atoms with Crippen LogP contribution in [0.1, 0.15) is 11.1 Å². The fourth-order valence-electron chi connectivity index (χ4n) is 2.01. The Kier molecular flexibility index (Phi) is 4.16. The Hall–Kier alpha value is -1.17. The number of aromatic amines is 1. The van der Waals surface area contributed by atoms with Gasteiger partial charge in [0.15, 0.2) is 11.1 Å². The molecule has 2 aromatic rings. The SMILES string of the molecule is CN(C)CCc1c[nH]c2ccc(CS(=O)O)cc12. The van der Waals surface area contributed by atoms with E-state index in [4.69, 9.17) is 4.55 Å². The van der Waals surface area contributed by atoms with E-state index in [0.717, 1.165) is 29.4 Å². The van der Waals surface area contributed by atoms with Crippen LogP contribution in [0.3, 0.4) is 0 Å². The van der Waals surface area contributed by atoms with Crippen LogP contribution in [0.25, 0.3) is 10.9 Å². The van der Waals surface area contributed by atoms with Crippen molar-refractivity contribution >= 4 is 22.0 Å². The van der Waals surface area contributed by atoms with Gasteiger partial charge in [-0.05, 0) is 43.8 Å². The van der Waals surface area contributed by atoms with Gasteiger partial charge in [0, 0.05) is 23.6 Å². The van der Waals surface area contributed by atoms with Gasteiger partial charge in [-0.1, -0.05) is 6.07 Å². The Balaban J connectivity index is 2.28. The molecule has 0 aliphatic carbocycles. The molecule has 2 N–H and O–H groups in total. The summed E-state index contributed by atoms with van der Waals surface area (Å²) in [6.45, 7) is 0.989. The van der Waals surface area contributed by atoms with Crippen LogP contribution in [0.4, 0.5) is 0 Å². The van der Waals surface area contributed by atoms with Crippen molar-refractivity contribution in [3.8, 4) is 0 Å². The number of benzene rings is 1. The molecule has 2 rings (SSSR count). The Morgan fingerprint density at radius 3 is 2.83 bits per heavy atom. The molecule has 0 aliphatic heterocycles. The van der Waals surface area contributed by atoms with Crippen LogP contribution >= 0.6 is 0 Å². The zero-order valence-electron chi connectivity index (χ0n) is 10.6. The molecule has 0 fully saturated rings. The van der Waals surface area contributed by atoms with Crippen LogP contribution in [0.15, 0.2) is 24.4 Å². The Labute approximate surface area is 109 Å². The summed E-state index contributed by atoms with van der Waals surface area (Å²) in [5, 5.41) is 1.15. The minimum absolute atomic E-state index is 0.189. The van der Waals surface area contributed by atoms with E-state index in [1.807, 2.05) is 24.4 Å². The smallest absolute Gasteiger partial charge is 0.157 e. The third-order valence-electron chi connectivity index (χ3n) is 2.95. The second-order valence-electron chi connectivity index (χ2n) is 4.71. The molecule has 0 saturated heterocycles. The molecule has 0 spiro atoms. The summed E-state index contributed by atoms with van der Waals surface area (Å²) >= 11 is -1.78. The highest BCUT2D eigenvalue weighted by atomic mass is 32.2. The number of likely N-dealkylation sites (N-methyl/N-ethyl adjacent to an activating group) is 1. The Morgan fingerprint density at radius 2 is 2.17 bits per heavy atom. The molecule has 0 radical (unpaired) electrons. The van der Waals surface area contributed by atoms with Crippen LogP contribution in [0.5, 0.6) is 0 Å². The fraction of sp³-hybridized carbons (Fsp3) is 0.385. The van der Waals surface area contributed by atoms with E-state index in [2.05, 4.69) is 24.0 Å². The van der Waals surface area contributed by atoms with E-state index >= 15 is 0 Å².